The van der Waals surface area contributed by atoms with Crippen molar-refractivity contribution >= 4 is 33.8 Å². The zero-order valence-corrected chi connectivity index (χ0v) is 15.6. The second-order valence-corrected chi connectivity index (χ2v) is 6.92. The first-order valence-corrected chi connectivity index (χ1v) is 9.28. The normalized spacial score (nSPS) is 10.7. The van der Waals surface area contributed by atoms with E-state index in [0.717, 1.165) is 27.8 Å². The summed E-state index contributed by atoms with van der Waals surface area (Å²) < 4.78 is 7.26. The van der Waals surface area contributed by atoms with Gasteiger partial charge in [0.25, 0.3) is 0 Å². The van der Waals surface area contributed by atoms with Crippen LogP contribution in [-0.2, 0) is 0 Å². The molecule has 0 spiro atoms. The van der Waals surface area contributed by atoms with Gasteiger partial charge in [0.15, 0.2) is 5.13 Å². The Balaban J connectivity index is 1.57. The quantitative estimate of drug-likeness (QED) is 0.460. The number of aromatic nitrogens is 2. The van der Waals surface area contributed by atoms with E-state index >= 15 is 0 Å². The summed E-state index contributed by atoms with van der Waals surface area (Å²) in [6.45, 7) is 0. The molecule has 0 aliphatic heterocycles. The molecule has 0 aliphatic carbocycles. The zero-order valence-electron chi connectivity index (χ0n) is 14.0. The second kappa shape index (κ2) is 7.23. The molecule has 0 amide bonds. The number of hydrogen-bond donors (Lipinski definition) is 1. The highest BCUT2D eigenvalue weighted by atomic mass is 35.5. The smallest absolute Gasteiger partial charge is 0.187 e. The summed E-state index contributed by atoms with van der Waals surface area (Å²) in [5.41, 5.74) is 3.99. The number of nitrogens with one attached hydrogen (secondary N) is 1. The molecule has 0 fully saturated rings. The van der Waals surface area contributed by atoms with Gasteiger partial charge in [0.1, 0.15) is 5.75 Å². The van der Waals surface area contributed by atoms with Gasteiger partial charge in [-0.25, -0.2) is 4.98 Å². The van der Waals surface area contributed by atoms with Crippen molar-refractivity contribution in [2.24, 2.45) is 0 Å². The molecule has 4 rings (SSSR count). The average Bonchev–Trinajstić information content (AvgIpc) is 3.34. The Kier molecular flexibility index (Phi) is 4.65. The van der Waals surface area contributed by atoms with Gasteiger partial charge in [0.2, 0.25) is 0 Å². The number of rotatable bonds is 5. The molecule has 1 N–H and O–H groups in total. The fraction of sp³-hybridized carbons (Fsp3) is 0.0500. The van der Waals surface area contributed by atoms with E-state index in [9.17, 15) is 0 Å². The second-order valence-electron chi connectivity index (χ2n) is 5.65. The van der Waals surface area contributed by atoms with E-state index in [4.69, 9.17) is 21.3 Å². The first kappa shape index (κ1) is 16.7. The Hall–Kier alpha value is -2.76. The highest BCUT2D eigenvalue weighted by Crippen LogP contribution is 2.31. The molecule has 0 saturated carbocycles. The summed E-state index contributed by atoms with van der Waals surface area (Å²) in [6, 6.07) is 17.9. The molecule has 26 heavy (non-hydrogen) atoms. The summed E-state index contributed by atoms with van der Waals surface area (Å²) in [7, 11) is 1.60. The number of benzene rings is 2. The van der Waals surface area contributed by atoms with Crippen LogP contribution in [0.2, 0.25) is 5.02 Å². The summed E-state index contributed by atoms with van der Waals surface area (Å²) in [4.78, 5) is 4.69. The molecule has 2 heterocycles. The van der Waals surface area contributed by atoms with Crippen molar-refractivity contribution in [2.45, 2.75) is 0 Å². The van der Waals surface area contributed by atoms with Crippen LogP contribution < -0.4 is 10.1 Å². The van der Waals surface area contributed by atoms with E-state index in [2.05, 4.69) is 28.1 Å². The van der Waals surface area contributed by atoms with Crippen LogP contribution in [-0.4, -0.2) is 16.7 Å². The molecular weight excluding hydrogens is 366 g/mol. The number of anilines is 2. The minimum atomic E-state index is 0.564. The SMILES string of the molecule is COc1ccc(Nc2nc(-c3cccc(-n4cccc4)c3)cs2)cc1Cl. The Morgan fingerprint density at radius 3 is 2.69 bits per heavy atom. The van der Waals surface area contributed by atoms with Crippen molar-refractivity contribution in [3.8, 4) is 22.7 Å². The van der Waals surface area contributed by atoms with Gasteiger partial charge < -0.3 is 14.6 Å². The molecule has 2 aromatic carbocycles. The van der Waals surface area contributed by atoms with Crippen molar-refractivity contribution in [2.75, 3.05) is 12.4 Å². The number of ether oxygens (including phenoxy) is 1. The lowest BCUT2D eigenvalue weighted by molar-refractivity contribution is 0.415. The Morgan fingerprint density at radius 1 is 1.08 bits per heavy atom. The Morgan fingerprint density at radius 2 is 1.92 bits per heavy atom. The lowest BCUT2D eigenvalue weighted by Gasteiger charge is -2.07. The number of thiazole rings is 1. The molecule has 4 aromatic rings. The summed E-state index contributed by atoms with van der Waals surface area (Å²) in [6.07, 6.45) is 4.06. The van der Waals surface area contributed by atoms with E-state index < -0.39 is 0 Å². The molecule has 6 heteroatoms. The maximum Gasteiger partial charge on any atom is 0.187 e. The average molecular weight is 382 g/mol. The third kappa shape index (κ3) is 3.45. The molecule has 0 bridgehead atoms. The van der Waals surface area contributed by atoms with Gasteiger partial charge in [-0.3, -0.25) is 0 Å². The third-order valence-electron chi connectivity index (χ3n) is 3.95. The topological polar surface area (TPSA) is 39.1 Å². The van der Waals surface area contributed by atoms with Crippen molar-refractivity contribution in [1.29, 1.82) is 0 Å². The standard InChI is InChI=1S/C20H16ClN3OS/c1-25-19-8-7-15(12-17(19)21)22-20-23-18(13-26-20)14-5-4-6-16(11-14)24-9-2-3-10-24/h2-13H,1H3,(H,22,23). The fourth-order valence-corrected chi connectivity index (χ4v) is 3.66. The van der Waals surface area contributed by atoms with Crippen molar-refractivity contribution in [3.63, 3.8) is 0 Å². The van der Waals surface area contributed by atoms with Crippen molar-refractivity contribution in [1.82, 2.24) is 9.55 Å². The highest BCUT2D eigenvalue weighted by molar-refractivity contribution is 7.14. The molecule has 0 aliphatic rings. The van der Waals surface area contributed by atoms with Gasteiger partial charge in [-0.15, -0.1) is 11.3 Å². The molecule has 4 nitrogen and oxygen atoms in total. The summed E-state index contributed by atoms with van der Waals surface area (Å²) in [5, 5.41) is 6.71. The molecule has 130 valence electrons. The fourth-order valence-electron chi connectivity index (χ4n) is 2.66. The number of halogens is 1. The van der Waals surface area contributed by atoms with E-state index in [1.807, 2.05) is 54.2 Å². The molecular formula is C20H16ClN3OS. The molecule has 0 unspecified atom stereocenters. The van der Waals surface area contributed by atoms with Crippen LogP contribution >= 0.6 is 22.9 Å². The first-order chi connectivity index (χ1) is 12.7. The van der Waals surface area contributed by atoms with Gasteiger partial charge in [-0.2, -0.15) is 0 Å². The zero-order chi connectivity index (χ0) is 17.9. The van der Waals surface area contributed by atoms with E-state index in [-0.39, 0.29) is 0 Å². The van der Waals surface area contributed by atoms with Crippen LogP contribution in [0.4, 0.5) is 10.8 Å². The van der Waals surface area contributed by atoms with Crippen LogP contribution in [0.15, 0.2) is 72.4 Å². The maximum atomic E-state index is 6.18. The lowest BCUT2D eigenvalue weighted by atomic mass is 10.1. The maximum absolute atomic E-state index is 6.18. The molecule has 2 aromatic heterocycles. The van der Waals surface area contributed by atoms with E-state index in [1.54, 1.807) is 18.4 Å². The molecule has 0 saturated heterocycles. The van der Waals surface area contributed by atoms with Crippen LogP contribution in [0.1, 0.15) is 0 Å². The lowest BCUT2D eigenvalue weighted by Crippen LogP contribution is -1.92. The summed E-state index contributed by atoms with van der Waals surface area (Å²) >= 11 is 7.73. The molecule has 0 atom stereocenters. The predicted octanol–water partition coefficient (Wildman–Crippen LogP) is 6.01. The largest absolute Gasteiger partial charge is 0.495 e. The Bertz CT molecular complexity index is 1030. The number of hydrogen-bond acceptors (Lipinski definition) is 4. The number of nitrogens with zero attached hydrogens (tertiary/aromatic N) is 2. The highest BCUT2D eigenvalue weighted by Gasteiger charge is 2.08. The van der Waals surface area contributed by atoms with Crippen LogP contribution in [0, 0.1) is 0 Å². The van der Waals surface area contributed by atoms with Gasteiger partial charge in [0.05, 0.1) is 17.8 Å². The van der Waals surface area contributed by atoms with E-state index in [0.29, 0.717) is 10.8 Å². The van der Waals surface area contributed by atoms with Crippen LogP contribution in [0.25, 0.3) is 16.9 Å². The van der Waals surface area contributed by atoms with Crippen molar-refractivity contribution in [3.05, 3.63) is 77.4 Å². The van der Waals surface area contributed by atoms with Gasteiger partial charge in [-0.1, -0.05) is 23.7 Å². The monoisotopic (exact) mass is 381 g/mol. The molecule has 0 radical (unpaired) electrons. The summed E-state index contributed by atoms with van der Waals surface area (Å²) in [5.74, 6) is 0.652. The van der Waals surface area contributed by atoms with Crippen LogP contribution in [0.3, 0.4) is 0 Å². The number of methoxy groups -OCH3 is 1. The van der Waals surface area contributed by atoms with Crippen molar-refractivity contribution < 1.29 is 4.74 Å². The van der Waals surface area contributed by atoms with Gasteiger partial charge in [0, 0.05) is 34.7 Å². The minimum Gasteiger partial charge on any atom is -0.495 e. The first-order valence-electron chi connectivity index (χ1n) is 8.03. The predicted molar refractivity (Wildman–Crippen MR) is 108 cm³/mol. The van der Waals surface area contributed by atoms with Crippen LogP contribution in [0.5, 0.6) is 5.75 Å². The van der Waals surface area contributed by atoms with Gasteiger partial charge >= 0.3 is 0 Å². The Labute approximate surface area is 160 Å². The van der Waals surface area contributed by atoms with E-state index in [1.165, 1.54) is 0 Å². The van der Waals surface area contributed by atoms with Gasteiger partial charge in [-0.05, 0) is 42.5 Å². The third-order valence-corrected chi connectivity index (χ3v) is 5.00. The minimum absolute atomic E-state index is 0.564.